The number of thioether (sulfide) groups is 1. The summed E-state index contributed by atoms with van der Waals surface area (Å²) in [5, 5.41) is 17.0. The Balaban J connectivity index is 0.000000691. The summed E-state index contributed by atoms with van der Waals surface area (Å²) in [6, 6.07) is 31.0. The van der Waals surface area contributed by atoms with Crippen molar-refractivity contribution in [1.29, 1.82) is 0 Å². The molecular weight excluding hydrogens is 858 g/mol. The Kier molecular flexibility index (Phi) is 16.9. The number of fused-ring (bicyclic) bond motifs is 1. The number of nitrogens with zero attached hydrogens (tertiary/aromatic N) is 7. The van der Waals surface area contributed by atoms with E-state index in [2.05, 4.69) is 116 Å². The molecule has 340 valence electrons. The molecule has 3 aliphatic rings. The molecule has 3 heterocycles. The minimum atomic E-state index is -0.314. The van der Waals surface area contributed by atoms with E-state index in [0.717, 1.165) is 111 Å². The predicted octanol–water partition coefficient (Wildman–Crippen LogP) is 11.3. The molecule has 2 N–H and O–H groups in total. The van der Waals surface area contributed by atoms with E-state index in [9.17, 15) is 10.1 Å². The number of anilines is 3. The maximum atomic E-state index is 12.0. The van der Waals surface area contributed by atoms with Crippen LogP contribution >= 0.6 is 35.3 Å². The van der Waals surface area contributed by atoms with Gasteiger partial charge in [-0.25, -0.2) is 9.97 Å². The van der Waals surface area contributed by atoms with Crippen LogP contribution in [0.4, 0.5) is 22.9 Å². The van der Waals surface area contributed by atoms with Crippen molar-refractivity contribution in [3.8, 4) is 0 Å². The Morgan fingerprint density at radius 1 is 0.859 bits per heavy atom. The summed E-state index contributed by atoms with van der Waals surface area (Å²) in [5.74, 6) is 0.677. The second kappa shape index (κ2) is 22.7. The Bertz CT molecular complexity index is 2330. The van der Waals surface area contributed by atoms with Crippen molar-refractivity contribution in [2.45, 2.75) is 69.2 Å². The number of benzene rings is 4. The molecule has 4 aromatic carbocycles. The van der Waals surface area contributed by atoms with Gasteiger partial charge in [0.05, 0.1) is 10.4 Å². The Hall–Kier alpha value is -4.37. The first kappa shape index (κ1) is 47.6. The van der Waals surface area contributed by atoms with Crippen molar-refractivity contribution in [3.05, 3.63) is 124 Å². The van der Waals surface area contributed by atoms with E-state index in [-0.39, 0.29) is 10.6 Å². The molecule has 0 atom stereocenters. The third-order valence-corrected chi connectivity index (χ3v) is 14.4. The van der Waals surface area contributed by atoms with Crippen molar-refractivity contribution < 1.29 is 4.92 Å². The van der Waals surface area contributed by atoms with Gasteiger partial charge in [0.1, 0.15) is 17.8 Å². The van der Waals surface area contributed by atoms with E-state index in [0.29, 0.717) is 29.5 Å². The van der Waals surface area contributed by atoms with Crippen LogP contribution in [-0.2, 0) is 0 Å². The Labute approximate surface area is 393 Å². The molecule has 0 bridgehead atoms. The lowest BCUT2D eigenvalue weighted by Gasteiger charge is -2.39. The first-order valence-corrected chi connectivity index (χ1v) is 25.1. The van der Waals surface area contributed by atoms with Crippen LogP contribution < -0.4 is 14.9 Å². The molecule has 11 nitrogen and oxygen atoms in total. The number of piperazine rings is 2. The molecule has 0 amide bonds. The minimum absolute atomic E-state index is 0.0703. The van der Waals surface area contributed by atoms with Crippen molar-refractivity contribution in [2.24, 2.45) is 5.41 Å². The summed E-state index contributed by atoms with van der Waals surface area (Å²) < 4.78 is 3.34. The monoisotopic (exact) mass is 921 g/mol. The van der Waals surface area contributed by atoms with Gasteiger partial charge < -0.3 is 19.8 Å². The molecule has 8 rings (SSSR count). The van der Waals surface area contributed by atoms with Gasteiger partial charge in [-0.15, -0.1) is 11.8 Å². The normalized spacial score (nSPS) is 17.3. The quantitative estimate of drug-likeness (QED) is 0.0343. The first-order chi connectivity index (χ1) is 30.9. The lowest BCUT2D eigenvalue weighted by Crippen LogP contribution is -2.49. The molecule has 5 aromatic rings. The molecular formula is C50H64ClN9O2S2. The third-order valence-electron chi connectivity index (χ3n) is 12.6. The highest BCUT2D eigenvalue weighted by Gasteiger charge is 2.30. The van der Waals surface area contributed by atoms with Crippen LogP contribution in [0.25, 0.3) is 16.5 Å². The van der Waals surface area contributed by atoms with Gasteiger partial charge in [0.25, 0.3) is 5.69 Å². The van der Waals surface area contributed by atoms with E-state index >= 15 is 0 Å². The SMILES string of the molecule is CC(C)N1CCN(CCCNc2ccc(SNc3ncnc4cc(N5CCN(CC6=C(c7ccc(Cl)cc7)CCC(C)(C)C6)CC5)ccc34)cc2[N+](=O)[O-])CC1.CSc1ccccc1. The third kappa shape index (κ3) is 13.1. The predicted molar refractivity (Wildman–Crippen MR) is 271 cm³/mol. The fourth-order valence-corrected chi connectivity index (χ4v) is 10.1. The van der Waals surface area contributed by atoms with Gasteiger partial charge in [-0.3, -0.25) is 19.9 Å². The summed E-state index contributed by atoms with van der Waals surface area (Å²) in [7, 11) is 0. The molecule has 2 fully saturated rings. The van der Waals surface area contributed by atoms with Crippen LogP contribution in [-0.4, -0.2) is 114 Å². The second-order valence-electron chi connectivity index (χ2n) is 18.0. The standard InChI is InChI=1S/C43H56ClN9O2S.C7H8S/c1-31(2)51-22-18-49(19-23-51)17-5-16-45-39-13-11-36(27-41(39)53(54)55)56-48-42-38-12-10-35(26-40(38)46-30-47-42)52-24-20-50(21-25-52)29-33-28-43(3,4)15-14-37(33)32-6-8-34(44)9-7-32;1-8-7-5-3-2-4-6-7/h6-13,26-27,30-31,45H,5,14-25,28-29H2,1-4H3,(H,46,47,48);2-6H,1H3. The van der Waals surface area contributed by atoms with Crippen LogP contribution in [0.2, 0.25) is 5.02 Å². The molecule has 1 aromatic heterocycles. The molecule has 64 heavy (non-hydrogen) atoms. The number of nitrogens with one attached hydrogen (secondary N) is 2. The van der Waals surface area contributed by atoms with Gasteiger partial charge in [-0.2, -0.15) is 0 Å². The van der Waals surface area contributed by atoms with Crippen molar-refractivity contribution in [2.75, 3.05) is 93.2 Å². The Morgan fingerprint density at radius 3 is 2.28 bits per heavy atom. The highest BCUT2D eigenvalue weighted by molar-refractivity contribution is 8.00. The van der Waals surface area contributed by atoms with E-state index in [1.165, 1.54) is 34.4 Å². The zero-order valence-corrected chi connectivity index (χ0v) is 40.5. The van der Waals surface area contributed by atoms with E-state index < -0.39 is 0 Å². The average molecular weight is 923 g/mol. The first-order valence-electron chi connectivity index (χ1n) is 22.6. The lowest BCUT2D eigenvalue weighted by molar-refractivity contribution is -0.384. The second-order valence-corrected chi connectivity index (χ2v) is 20.2. The van der Waals surface area contributed by atoms with Crippen LogP contribution in [0.3, 0.4) is 0 Å². The molecule has 0 spiro atoms. The van der Waals surface area contributed by atoms with E-state index in [1.807, 2.05) is 36.4 Å². The van der Waals surface area contributed by atoms with Gasteiger partial charge in [-0.05, 0) is 135 Å². The fourth-order valence-electron chi connectivity index (χ4n) is 8.89. The number of hydrogen-bond acceptors (Lipinski definition) is 12. The minimum Gasteiger partial charge on any atom is -0.379 e. The average Bonchev–Trinajstić information content (AvgIpc) is 3.30. The number of nitro groups is 1. The molecule has 2 saturated heterocycles. The number of rotatable bonds is 15. The molecule has 1 aliphatic carbocycles. The maximum absolute atomic E-state index is 12.0. The van der Waals surface area contributed by atoms with Gasteiger partial charge >= 0.3 is 0 Å². The summed E-state index contributed by atoms with van der Waals surface area (Å²) in [4.78, 5) is 33.0. The molecule has 0 unspecified atom stereocenters. The Morgan fingerprint density at radius 2 is 1.59 bits per heavy atom. The van der Waals surface area contributed by atoms with Crippen LogP contribution in [0.1, 0.15) is 58.9 Å². The van der Waals surface area contributed by atoms with Crippen LogP contribution in [0.15, 0.2) is 113 Å². The number of aromatic nitrogens is 2. The zero-order chi connectivity index (χ0) is 45.1. The highest BCUT2D eigenvalue weighted by atomic mass is 35.5. The summed E-state index contributed by atoms with van der Waals surface area (Å²) >= 11 is 9.31. The molecule has 0 radical (unpaired) electrons. The zero-order valence-electron chi connectivity index (χ0n) is 38.1. The number of allylic oxidation sites excluding steroid dienone is 1. The molecule has 2 aliphatic heterocycles. The van der Waals surface area contributed by atoms with Gasteiger partial charge in [0.2, 0.25) is 0 Å². The largest absolute Gasteiger partial charge is 0.379 e. The molecule has 0 saturated carbocycles. The highest BCUT2D eigenvalue weighted by Crippen LogP contribution is 2.43. The van der Waals surface area contributed by atoms with Crippen molar-refractivity contribution in [3.63, 3.8) is 0 Å². The van der Waals surface area contributed by atoms with E-state index in [1.54, 1.807) is 35.8 Å². The summed E-state index contributed by atoms with van der Waals surface area (Å²) in [5.41, 5.74) is 7.32. The number of hydrogen-bond donors (Lipinski definition) is 2. The maximum Gasteiger partial charge on any atom is 0.293 e. The van der Waals surface area contributed by atoms with Crippen molar-refractivity contribution >= 4 is 74.7 Å². The van der Waals surface area contributed by atoms with Crippen molar-refractivity contribution in [1.82, 2.24) is 24.7 Å². The van der Waals surface area contributed by atoms with E-state index in [4.69, 9.17) is 11.6 Å². The smallest absolute Gasteiger partial charge is 0.293 e. The van der Waals surface area contributed by atoms with Gasteiger partial charge in [0.15, 0.2) is 0 Å². The fraction of sp³-hybridized carbons (Fsp3) is 0.440. The number of halogens is 1. The topological polar surface area (TPSA) is 106 Å². The van der Waals surface area contributed by atoms with Gasteiger partial charge in [-0.1, -0.05) is 61.4 Å². The van der Waals surface area contributed by atoms with Crippen LogP contribution in [0, 0.1) is 15.5 Å². The molecule has 14 heteroatoms. The van der Waals surface area contributed by atoms with Gasteiger partial charge in [0, 0.05) is 103 Å². The number of nitro benzene ring substituents is 1. The summed E-state index contributed by atoms with van der Waals surface area (Å²) in [6.07, 6.45) is 8.02. The summed E-state index contributed by atoms with van der Waals surface area (Å²) in [6.45, 7) is 20.2. The van der Waals surface area contributed by atoms with Crippen LogP contribution in [0.5, 0.6) is 0 Å². The lowest BCUT2D eigenvalue weighted by atomic mass is 9.73.